The fourth-order valence-electron chi connectivity index (χ4n) is 2.63. The number of halogens is 1. The van der Waals surface area contributed by atoms with E-state index in [-0.39, 0.29) is 11.8 Å². The van der Waals surface area contributed by atoms with Crippen LogP contribution in [0.15, 0.2) is 24.3 Å². The van der Waals surface area contributed by atoms with E-state index in [4.69, 9.17) is 11.6 Å². The molecule has 0 amide bonds. The summed E-state index contributed by atoms with van der Waals surface area (Å²) >= 11 is 6.15. The number of hydrogen-bond acceptors (Lipinski definition) is 2. The minimum atomic E-state index is -0.979. The smallest absolute Gasteiger partial charge is 0.329 e. The van der Waals surface area contributed by atoms with E-state index in [1.54, 1.807) is 6.07 Å². The van der Waals surface area contributed by atoms with Crippen molar-refractivity contribution in [2.24, 2.45) is 11.8 Å². The Morgan fingerprint density at radius 3 is 2.10 bits per heavy atom. The Morgan fingerprint density at radius 2 is 1.70 bits per heavy atom. The number of carboxylic acids is 1. The molecule has 112 valence electrons. The molecule has 0 aliphatic heterocycles. The molecule has 0 heterocycles. The summed E-state index contributed by atoms with van der Waals surface area (Å²) in [6.45, 7) is 8.14. The van der Waals surface area contributed by atoms with E-state index in [1.165, 1.54) is 0 Å². The molecule has 0 aromatic heterocycles. The molecule has 0 spiro atoms. The lowest BCUT2D eigenvalue weighted by Gasteiger charge is -2.35. The number of carbonyl (C=O) groups is 1. The molecule has 0 aliphatic rings. The van der Waals surface area contributed by atoms with Gasteiger partial charge in [0.15, 0.2) is 0 Å². The van der Waals surface area contributed by atoms with Gasteiger partial charge in [-0.05, 0) is 36.8 Å². The molecular formula is C16H24ClNO2. The molecule has 0 unspecified atom stereocenters. The molecule has 4 heteroatoms. The average Bonchev–Trinajstić information content (AvgIpc) is 2.30. The largest absolute Gasteiger partial charge is 0.480 e. The van der Waals surface area contributed by atoms with Crippen LogP contribution in [0.1, 0.15) is 40.5 Å². The molecule has 2 N–H and O–H groups in total. The van der Waals surface area contributed by atoms with Crippen molar-refractivity contribution < 1.29 is 9.90 Å². The minimum Gasteiger partial charge on any atom is -0.480 e. The van der Waals surface area contributed by atoms with Crippen LogP contribution in [-0.4, -0.2) is 16.6 Å². The SMILES string of the molecule is CC(C)CC(CC(C)C)(Nc1ccccc1Cl)C(=O)O. The Bertz CT molecular complexity index is 448. The van der Waals surface area contributed by atoms with Crippen LogP contribution in [0.2, 0.25) is 5.02 Å². The van der Waals surface area contributed by atoms with Gasteiger partial charge in [-0.2, -0.15) is 0 Å². The summed E-state index contributed by atoms with van der Waals surface area (Å²) in [7, 11) is 0. The lowest BCUT2D eigenvalue weighted by Crippen LogP contribution is -2.48. The Kier molecular flexibility index (Phi) is 5.88. The first-order valence-corrected chi connectivity index (χ1v) is 7.41. The number of carboxylic acid groups (broad SMARTS) is 1. The van der Waals surface area contributed by atoms with Crippen molar-refractivity contribution in [1.82, 2.24) is 0 Å². The predicted octanol–water partition coefficient (Wildman–Crippen LogP) is 4.67. The Labute approximate surface area is 126 Å². The second-order valence-corrected chi connectivity index (χ2v) is 6.60. The number of para-hydroxylation sites is 1. The first-order chi connectivity index (χ1) is 9.27. The van der Waals surface area contributed by atoms with Crippen LogP contribution in [0.3, 0.4) is 0 Å². The van der Waals surface area contributed by atoms with Crippen LogP contribution >= 0.6 is 11.6 Å². The van der Waals surface area contributed by atoms with Crippen LogP contribution in [-0.2, 0) is 4.79 Å². The summed E-state index contributed by atoms with van der Waals surface area (Å²) in [6.07, 6.45) is 1.12. The van der Waals surface area contributed by atoms with Crippen molar-refractivity contribution in [3.05, 3.63) is 29.3 Å². The minimum absolute atomic E-state index is 0.278. The van der Waals surface area contributed by atoms with Gasteiger partial charge in [0, 0.05) is 0 Å². The fourth-order valence-corrected chi connectivity index (χ4v) is 2.81. The Hall–Kier alpha value is -1.22. The summed E-state index contributed by atoms with van der Waals surface area (Å²) < 4.78 is 0. The molecule has 0 aliphatic carbocycles. The third kappa shape index (κ3) is 4.41. The molecule has 20 heavy (non-hydrogen) atoms. The zero-order valence-electron chi connectivity index (χ0n) is 12.6. The molecule has 0 radical (unpaired) electrons. The molecule has 1 aromatic carbocycles. The summed E-state index contributed by atoms with van der Waals surface area (Å²) in [5.41, 5.74) is -0.300. The summed E-state index contributed by atoms with van der Waals surface area (Å²) in [5, 5.41) is 13.5. The van der Waals surface area contributed by atoms with E-state index in [0.717, 1.165) is 0 Å². The van der Waals surface area contributed by atoms with Crippen LogP contribution < -0.4 is 5.32 Å². The molecule has 0 saturated carbocycles. The highest BCUT2D eigenvalue weighted by Crippen LogP contribution is 2.32. The first-order valence-electron chi connectivity index (χ1n) is 7.03. The van der Waals surface area contributed by atoms with Gasteiger partial charge in [0.05, 0.1) is 10.7 Å². The topological polar surface area (TPSA) is 49.3 Å². The number of benzene rings is 1. The van der Waals surface area contributed by atoms with Gasteiger partial charge in [0.25, 0.3) is 0 Å². The summed E-state index contributed by atoms with van der Waals surface area (Å²) in [4.78, 5) is 11.9. The molecule has 1 rings (SSSR count). The molecular weight excluding hydrogens is 274 g/mol. The van der Waals surface area contributed by atoms with Crippen molar-refractivity contribution in [3.63, 3.8) is 0 Å². The van der Waals surface area contributed by atoms with E-state index in [1.807, 2.05) is 45.9 Å². The van der Waals surface area contributed by atoms with Gasteiger partial charge in [0.2, 0.25) is 0 Å². The van der Waals surface area contributed by atoms with E-state index in [0.29, 0.717) is 23.6 Å². The zero-order chi connectivity index (χ0) is 15.3. The van der Waals surface area contributed by atoms with Crippen molar-refractivity contribution in [1.29, 1.82) is 0 Å². The zero-order valence-corrected chi connectivity index (χ0v) is 13.4. The highest BCUT2D eigenvalue weighted by molar-refractivity contribution is 6.33. The maximum Gasteiger partial charge on any atom is 0.329 e. The van der Waals surface area contributed by atoms with Gasteiger partial charge in [-0.25, -0.2) is 4.79 Å². The number of anilines is 1. The van der Waals surface area contributed by atoms with Crippen LogP contribution in [0.5, 0.6) is 0 Å². The van der Waals surface area contributed by atoms with Crippen molar-refractivity contribution in [2.45, 2.75) is 46.1 Å². The van der Waals surface area contributed by atoms with E-state index in [9.17, 15) is 9.90 Å². The van der Waals surface area contributed by atoms with Crippen molar-refractivity contribution >= 4 is 23.3 Å². The van der Waals surface area contributed by atoms with Gasteiger partial charge in [-0.3, -0.25) is 0 Å². The third-order valence-electron chi connectivity index (χ3n) is 3.17. The number of aliphatic carboxylic acids is 1. The maximum atomic E-state index is 11.9. The quantitative estimate of drug-likeness (QED) is 0.769. The lowest BCUT2D eigenvalue weighted by atomic mass is 9.81. The third-order valence-corrected chi connectivity index (χ3v) is 3.50. The maximum absolute atomic E-state index is 11.9. The average molecular weight is 298 g/mol. The van der Waals surface area contributed by atoms with E-state index >= 15 is 0 Å². The van der Waals surface area contributed by atoms with Gasteiger partial charge in [-0.1, -0.05) is 51.4 Å². The molecule has 3 nitrogen and oxygen atoms in total. The predicted molar refractivity (Wildman–Crippen MR) is 84.4 cm³/mol. The van der Waals surface area contributed by atoms with E-state index in [2.05, 4.69) is 5.32 Å². The molecule has 1 aromatic rings. The molecule has 0 saturated heterocycles. The van der Waals surface area contributed by atoms with Gasteiger partial charge >= 0.3 is 5.97 Å². The fraction of sp³-hybridized carbons (Fsp3) is 0.562. The van der Waals surface area contributed by atoms with Gasteiger partial charge in [-0.15, -0.1) is 0 Å². The second-order valence-electron chi connectivity index (χ2n) is 6.19. The molecule has 0 fully saturated rings. The van der Waals surface area contributed by atoms with E-state index < -0.39 is 11.5 Å². The van der Waals surface area contributed by atoms with Crippen molar-refractivity contribution in [2.75, 3.05) is 5.32 Å². The molecule has 0 bridgehead atoms. The summed E-state index contributed by atoms with van der Waals surface area (Å²) in [6, 6.07) is 7.27. The van der Waals surface area contributed by atoms with Gasteiger partial charge < -0.3 is 10.4 Å². The number of hydrogen-bond donors (Lipinski definition) is 2. The van der Waals surface area contributed by atoms with Crippen LogP contribution in [0, 0.1) is 11.8 Å². The lowest BCUT2D eigenvalue weighted by molar-refractivity contribution is -0.143. The number of nitrogens with one attached hydrogen (secondary N) is 1. The normalized spacial score (nSPS) is 11.9. The standard InChI is InChI=1S/C16H24ClNO2/c1-11(2)9-16(15(19)20,10-12(3)4)18-14-8-6-5-7-13(14)17/h5-8,11-12,18H,9-10H2,1-4H3,(H,19,20). The first kappa shape index (κ1) is 16.8. The highest BCUT2D eigenvalue weighted by Gasteiger charge is 2.39. The van der Waals surface area contributed by atoms with Crippen molar-refractivity contribution in [3.8, 4) is 0 Å². The van der Waals surface area contributed by atoms with Gasteiger partial charge in [0.1, 0.15) is 5.54 Å². The van der Waals surface area contributed by atoms with Crippen LogP contribution in [0.25, 0.3) is 0 Å². The number of rotatable bonds is 7. The Balaban J connectivity index is 3.14. The monoisotopic (exact) mass is 297 g/mol. The second kappa shape index (κ2) is 6.98. The Morgan fingerprint density at radius 1 is 1.20 bits per heavy atom. The molecule has 0 atom stereocenters. The van der Waals surface area contributed by atoms with Crippen LogP contribution in [0.4, 0.5) is 5.69 Å². The highest BCUT2D eigenvalue weighted by atomic mass is 35.5. The summed E-state index contributed by atoms with van der Waals surface area (Å²) in [5.74, 6) is -0.264.